The van der Waals surface area contributed by atoms with Crippen molar-refractivity contribution in [2.24, 2.45) is 11.5 Å². The van der Waals surface area contributed by atoms with Gasteiger partial charge in [0.2, 0.25) is 0 Å². The van der Waals surface area contributed by atoms with Gasteiger partial charge in [-0.1, -0.05) is 0 Å². The Morgan fingerprint density at radius 1 is 1.26 bits per heavy atom. The number of nitrogens with two attached hydrogens (primary N) is 3. The zero-order chi connectivity index (χ0) is 22.5. The van der Waals surface area contributed by atoms with Crippen LogP contribution in [0.2, 0.25) is 0 Å². The van der Waals surface area contributed by atoms with Gasteiger partial charge in [0.25, 0.3) is 0 Å². The summed E-state index contributed by atoms with van der Waals surface area (Å²) in [6.07, 6.45) is 4.33. The quantitative estimate of drug-likeness (QED) is 0.292. The molecule has 8 nitrogen and oxygen atoms in total. The summed E-state index contributed by atoms with van der Waals surface area (Å²) in [5.74, 6) is 2.02. The average Bonchev–Trinajstić information content (AvgIpc) is 2.73. The third-order valence-corrected chi connectivity index (χ3v) is 5.38. The zero-order valence-electron chi connectivity index (χ0n) is 18.2. The van der Waals surface area contributed by atoms with Crippen molar-refractivity contribution in [3.8, 4) is 11.5 Å². The van der Waals surface area contributed by atoms with E-state index in [1.54, 1.807) is 38.4 Å². The van der Waals surface area contributed by atoms with E-state index in [4.69, 9.17) is 32.1 Å². The Balaban J connectivity index is 1.84. The molecule has 0 amide bonds. The second kappa shape index (κ2) is 9.42. The molecular weight excluding hydrogens is 392 g/mol. The lowest BCUT2D eigenvalue weighted by atomic mass is 10.0. The third kappa shape index (κ3) is 4.74. The Morgan fingerprint density at radius 2 is 2.00 bits per heavy atom. The maximum atomic E-state index is 8.70. The first-order valence-electron chi connectivity index (χ1n) is 10.1. The smallest absolute Gasteiger partial charge is 0.171 e. The van der Waals surface area contributed by atoms with Gasteiger partial charge in [0.05, 0.1) is 12.8 Å². The highest BCUT2D eigenvalue weighted by atomic mass is 16.5. The highest BCUT2D eigenvalue weighted by Gasteiger charge is 2.21. The predicted octanol–water partition coefficient (Wildman–Crippen LogP) is 2.77. The largest absolute Gasteiger partial charge is 0.493 e. The number of hydrogen-bond acceptors (Lipinski definition) is 8. The van der Waals surface area contributed by atoms with Crippen molar-refractivity contribution < 1.29 is 9.47 Å². The molecule has 0 unspecified atom stereocenters. The van der Waals surface area contributed by atoms with Crippen LogP contribution >= 0.6 is 0 Å². The molecule has 0 aliphatic carbocycles. The summed E-state index contributed by atoms with van der Waals surface area (Å²) in [6.45, 7) is 5.87. The van der Waals surface area contributed by atoms with Crippen LogP contribution in [0.15, 0.2) is 53.5 Å². The predicted molar refractivity (Wildman–Crippen MR) is 125 cm³/mol. The summed E-state index contributed by atoms with van der Waals surface area (Å²) >= 11 is 0. The van der Waals surface area contributed by atoms with Gasteiger partial charge in [0.15, 0.2) is 11.6 Å². The van der Waals surface area contributed by atoms with Crippen LogP contribution in [-0.2, 0) is 0 Å². The first-order chi connectivity index (χ1) is 14.8. The second-order valence-corrected chi connectivity index (χ2v) is 7.51. The molecule has 0 radical (unpaired) electrons. The van der Waals surface area contributed by atoms with Gasteiger partial charge in [-0.05, 0) is 56.3 Å². The van der Waals surface area contributed by atoms with Crippen molar-refractivity contribution in [3.05, 3.63) is 64.6 Å². The number of hydrogen-bond donors (Lipinski definition) is 4. The van der Waals surface area contributed by atoms with Crippen LogP contribution in [-0.4, -0.2) is 37.5 Å². The number of aromatic nitrogens is 1. The SMILES string of the molecule is COc1cc(C(=N)c2cc(OCC(/C(C)=C\N)=C(\C)N)ccc2N)cnc1N1CCC1. The lowest BCUT2D eigenvalue weighted by molar-refractivity contribution is 0.352. The first-order valence-corrected chi connectivity index (χ1v) is 10.1. The van der Waals surface area contributed by atoms with Gasteiger partial charge in [-0.15, -0.1) is 0 Å². The summed E-state index contributed by atoms with van der Waals surface area (Å²) in [5, 5.41) is 8.70. The van der Waals surface area contributed by atoms with E-state index in [9.17, 15) is 0 Å². The fraction of sp³-hybridized carbons (Fsp3) is 0.304. The lowest BCUT2D eigenvalue weighted by Gasteiger charge is -2.33. The monoisotopic (exact) mass is 422 g/mol. The van der Waals surface area contributed by atoms with Gasteiger partial charge >= 0.3 is 0 Å². The zero-order valence-corrected chi connectivity index (χ0v) is 18.2. The van der Waals surface area contributed by atoms with E-state index in [2.05, 4.69) is 9.88 Å². The number of methoxy groups -OCH3 is 1. The van der Waals surface area contributed by atoms with Crippen molar-refractivity contribution in [1.29, 1.82) is 5.41 Å². The topological polar surface area (TPSA) is 136 Å². The van der Waals surface area contributed by atoms with E-state index in [0.29, 0.717) is 34.0 Å². The third-order valence-electron chi connectivity index (χ3n) is 5.38. The van der Waals surface area contributed by atoms with Crippen LogP contribution in [0.5, 0.6) is 11.5 Å². The Labute approximate surface area is 182 Å². The first kappa shape index (κ1) is 22.0. The minimum Gasteiger partial charge on any atom is -0.493 e. The summed E-state index contributed by atoms with van der Waals surface area (Å²) in [5.41, 5.74) is 22.0. The van der Waals surface area contributed by atoms with E-state index in [0.717, 1.165) is 36.5 Å². The molecule has 1 saturated heterocycles. The molecule has 1 aliphatic rings. The number of benzene rings is 1. The molecule has 7 N–H and O–H groups in total. The fourth-order valence-corrected chi connectivity index (χ4v) is 3.28. The Kier molecular flexibility index (Phi) is 6.69. The fourth-order valence-electron chi connectivity index (χ4n) is 3.28. The molecule has 1 aliphatic heterocycles. The molecule has 0 bridgehead atoms. The van der Waals surface area contributed by atoms with E-state index < -0.39 is 0 Å². The molecule has 1 fully saturated rings. The van der Waals surface area contributed by atoms with Crippen LogP contribution in [0.3, 0.4) is 0 Å². The number of nitrogens with zero attached hydrogens (tertiary/aromatic N) is 2. The minimum absolute atomic E-state index is 0.243. The summed E-state index contributed by atoms with van der Waals surface area (Å²) in [6, 6.07) is 7.06. The van der Waals surface area contributed by atoms with Crippen molar-refractivity contribution in [2.75, 3.05) is 37.4 Å². The second-order valence-electron chi connectivity index (χ2n) is 7.51. The molecule has 2 heterocycles. The summed E-state index contributed by atoms with van der Waals surface area (Å²) in [7, 11) is 1.61. The molecule has 164 valence electrons. The molecule has 0 spiro atoms. The van der Waals surface area contributed by atoms with Gasteiger partial charge < -0.3 is 31.6 Å². The molecule has 2 aromatic rings. The molecule has 0 atom stereocenters. The molecule has 31 heavy (non-hydrogen) atoms. The average molecular weight is 423 g/mol. The lowest BCUT2D eigenvalue weighted by Crippen LogP contribution is -2.37. The van der Waals surface area contributed by atoms with Gasteiger partial charge in [-0.2, -0.15) is 0 Å². The van der Waals surface area contributed by atoms with Crippen LogP contribution < -0.4 is 31.6 Å². The highest BCUT2D eigenvalue weighted by Crippen LogP contribution is 2.31. The summed E-state index contributed by atoms with van der Waals surface area (Å²) in [4.78, 5) is 6.68. The standard InChI is InChI=1S/C23H30N6O2/c1-14(11-24)19(15(2)25)13-31-17-5-6-20(26)18(10-17)22(27)16-9-21(30-3)23(28-12-16)29-7-4-8-29/h5-6,9-12,27H,4,7-8,13,24-26H2,1-3H3/b14-11-,19-15-,27-22?. The summed E-state index contributed by atoms with van der Waals surface area (Å²) < 4.78 is 11.4. The van der Waals surface area contributed by atoms with Crippen molar-refractivity contribution in [3.63, 3.8) is 0 Å². The Morgan fingerprint density at radius 3 is 2.58 bits per heavy atom. The number of nitrogens with one attached hydrogen (secondary N) is 1. The number of anilines is 2. The molecule has 1 aromatic heterocycles. The van der Waals surface area contributed by atoms with Gasteiger partial charge in [0.1, 0.15) is 12.4 Å². The van der Waals surface area contributed by atoms with Crippen LogP contribution in [0.1, 0.15) is 31.4 Å². The van der Waals surface area contributed by atoms with Gasteiger partial charge in [-0.25, -0.2) is 4.98 Å². The number of allylic oxidation sites excluding steroid dienone is 1. The molecular formula is C23H30N6O2. The maximum absolute atomic E-state index is 8.70. The van der Waals surface area contributed by atoms with E-state index >= 15 is 0 Å². The number of rotatable bonds is 8. The van der Waals surface area contributed by atoms with E-state index in [1.165, 1.54) is 6.20 Å². The maximum Gasteiger partial charge on any atom is 0.171 e. The van der Waals surface area contributed by atoms with Crippen LogP contribution in [0, 0.1) is 5.41 Å². The Hall–Kier alpha value is -3.68. The number of pyridine rings is 1. The van der Waals surface area contributed by atoms with Gasteiger partial charge in [0, 0.05) is 47.4 Å². The van der Waals surface area contributed by atoms with E-state index in [1.807, 2.05) is 13.0 Å². The van der Waals surface area contributed by atoms with Crippen LogP contribution in [0.4, 0.5) is 11.5 Å². The van der Waals surface area contributed by atoms with Gasteiger partial charge in [-0.3, -0.25) is 5.41 Å². The Bertz CT molecular complexity index is 1040. The molecule has 3 rings (SSSR count). The van der Waals surface area contributed by atoms with Crippen molar-refractivity contribution >= 4 is 17.2 Å². The molecule has 8 heteroatoms. The molecule has 1 aromatic carbocycles. The van der Waals surface area contributed by atoms with Crippen LogP contribution in [0.25, 0.3) is 0 Å². The number of ether oxygens (including phenoxy) is 2. The normalized spacial score (nSPS) is 14.5. The minimum atomic E-state index is 0.243. The number of nitrogen functional groups attached to an aromatic ring is 1. The van der Waals surface area contributed by atoms with E-state index in [-0.39, 0.29) is 12.3 Å². The van der Waals surface area contributed by atoms with Crippen molar-refractivity contribution in [2.45, 2.75) is 20.3 Å². The van der Waals surface area contributed by atoms with Crippen molar-refractivity contribution in [1.82, 2.24) is 4.98 Å². The highest BCUT2D eigenvalue weighted by molar-refractivity contribution is 6.14. The molecule has 0 saturated carbocycles.